The van der Waals surface area contributed by atoms with Gasteiger partial charge in [-0.15, -0.1) is 0 Å². The van der Waals surface area contributed by atoms with Gasteiger partial charge in [0.1, 0.15) is 6.04 Å². The van der Waals surface area contributed by atoms with Crippen LogP contribution in [0.25, 0.3) is 0 Å². The van der Waals surface area contributed by atoms with E-state index in [1.54, 1.807) is 23.1 Å². The molecule has 1 fully saturated rings. The minimum atomic E-state index is -0.581. The van der Waals surface area contributed by atoms with Crippen LogP contribution in [-0.2, 0) is 9.59 Å². The van der Waals surface area contributed by atoms with Gasteiger partial charge >= 0.3 is 0 Å². The van der Waals surface area contributed by atoms with Crippen molar-refractivity contribution in [2.24, 2.45) is 5.92 Å². The third-order valence-corrected chi connectivity index (χ3v) is 3.39. The zero-order chi connectivity index (χ0) is 14.0. The summed E-state index contributed by atoms with van der Waals surface area (Å²) in [4.78, 5) is 26.0. The Bertz CT molecular complexity index is 502. The molecule has 0 saturated carbocycles. The maximum atomic E-state index is 12.2. The summed E-state index contributed by atoms with van der Waals surface area (Å²) in [5, 5.41) is 3.36. The van der Waals surface area contributed by atoms with Gasteiger partial charge in [-0.25, -0.2) is 0 Å². The molecule has 1 heterocycles. The first-order chi connectivity index (χ1) is 9.00. The fraction of sp³-hybridized carbons (Fsp3) is 0.429. The van der Waals surface area contributed by atoms with Crippen molar-refractivity contribution >= 4 is 23.4 Å². The molecule has 1 aromatic carbocycles. The Hall–Kier alpha value is -1.55. The topological polar surface area (TPSA) is 49.4 Å². The van der Waals surface area contributed by atoms with Crippen LogP contribution < -0.4 is 5.32 Å². The number of carbonyl (C=O) groups is 2. The maximum absolute atomic E-state index is 12.2. The van der Waals surface area contributed by atoms with Crippen LogP contribution in [0.4, 0.5) is 0 Å². The predicted octanol–water partition coefficient (Wildman–Crippen LogP) is 2.00. The molecule has 1 aliphatic heterocycles. The van der Waals surface area contributed by atoms with Crippen LogP contribution in [-0.4, -0.2) is 29.8 Å². The molecular formula is C14H17ClN2O2. The SMILES string of the molecule is CC(C)C(=O)N1CCNC(=O)C1c1cccc(Cl)c1. The minimum absolute atomic E-state index is 0.0141. The second-order valence-corrected chi connectivity index (χ2v) is 5.37. The summed E-state index contributed by atoms with van der Waals surface area (Å²) in [6.45, 7) is 4.70. The molecule has 1 aromatic rings. The van der Waals surface area contributed by atoms with E-state index in [2.05, 4.69) is 5.32 Å². The zero-order valence-corrected chi connectivity index (χ0v) is 11.8. The Morgan fingerprint density at radius 1 is 1.47 bits per heavy atom. The quantitative estimate of drug-likeness (QED) is 0.901. The van der Waals surface area contributed by atoms with E-state index in [1.165, 1.54) is 0 Å². The average Bonchev–Trinajstić information content (AvgIpc) is 2.37. The number of nitrogens with one attached hydrogen (secondary N) is 1. The highest BCUT2D eigenvalue weighted by molar-refractivity contribution is 6.30. The first-order valence-corrected chi connectivity index (χ1v) is 6.72. The second kappa shape index (κ2) is 5.61. The number of nitrogens with zero attached hydrogens (tertiary/aromatic N) is 1. The number of carbonyl (C=O) groups excluding carboxylic acids is 2. The van der Waals surface area contributed by atoms with E-state index in [9.17, 15) is 9.59 Å². The van der Waals surface area contributed by atoms with Crippen LogP contribution in [0, 0.1) is 5.92 Å². The summed E-state index contributed by atoms with van der Waals surface area (Å²) >= 11 is 5.97. The lowest BCUT2D eigenvalue weighted by molar-refractivity contribution is -0.145. The summed E-state index contributed by atoms with van der Waals surface area (Å²) in [6.07, 6.45) is 0. The molecule has 19 heavy (non-hydrogen) atoms. The lowest BCUT2D eigenvalue weighted by Crippen LogP contribution is -2.53. The van der Waals surface area contributed by atoms with Gasteiger partial charge < -0.3 is 10.2 Å². The van der Waals surface area contributed by atoms with Crippen molar-refractivity contribution < 1.29 is 9.59 Å². The summed E-state index contributed by atoms with van der Waals surface area (Å²) in [6, 6.07) is 6.51. The number of benzene rings is 1. The Kier molecular flexibility index (Phi) is 4.10. The van der Waals surface area contributed by atoms with Gasteiger partial charge in [-0.2, -0.15) is 0 Å². The van der Waals surface area contributed by atoms with Crippen molar-refractivity contribution in [2.75, 3.05) is 13.1 Å². The number of rotatable bonds is 2. The van der Waals surface area contributed by atoms with Gasteiger partial charge in [-0.05, 0) is 17.7 Å². The maximum Gasteiger partial charge on any atom is 0.247 e. The van der Waals surface area contributed by atoms with Crippen molar-refractivity contribution in [3.63, 3.8) is 0 Å². The minimum Gasteiger partial charge on any atom is -0.352 e. The van der Waals surface area contributed by atoms with Crippen LogP contribution in [0.2, 0.25) is 5.02 Å². The smallest absolute Gasteiger partial charge is 0.247 e. The number of amides is 2. The number of halogens is 1. The van der Waals surface area contributed by atoms with Gasteiger partial charge in [0.25, 0.3) is 0 Å². The van der Waals surface area contributed by atoms with Gasteiger partial charge in [-0.1, -0.05) is 37.6 Å². The predicted molar refractivity (Wildman–Crippen MR) is 73.8 cm³/mol. The molecule has 1 N–H and O–H groups in total. The standard InChI is InChI=1S/C14H17ClN2O2/c1-9(2)14(19)17-7-6-16-13(18)12(17)10-4-3-5-11(15)8-10/h3-5,8-9,12H,6-7H2,1-2H3,(H,16,18). The van der Waals surface area contributed by atoms with E-state index in [0.29, 0.717) is 18.1 Å². The largest absolute Gasteiger partial charge is 0.352 e. The Morgan fingerprint density at radius 2 is 2.21 bits per heavy atom. The van der Waals surface area contributed by atoms with Crippen molar-refractivity contribution in [1.82, 2.24) is 10.2 Å². The number of piperazine rings is 1. The van der Waals surface area contributed by atoms with Crippen LogP contribution in [0.15, 0.2) is 24.3 Å². The van der Waals surface area contributed by atoms with Crippen LogP contribution in [0.3, 0.4) is 0 Å². The molecule has 5 heteroatoms. The summed E-state index contributed by atoms with van der Waals surface area (Å²) in [5.41, 5.74) is 0.749. The highest BCUT2D eigenvalue weighted by Crippen LogP contribution is 2.26. The molecule has 4 nitrogen and oxygen atoms in total. The van der Waals surface area contributed by atoms with E-state index in [-0.39, 0.29) is 17.7 Å². The lowest BCUT2D eigenvalue weighted by atomic mass is 10.0. The Morgan fingerprint density at radius 3 is 2.84 bits per heavy atom. The fourth-order valence-electron chi connectivity index (χ4n) is 2.24. The first-order valence-electron chi connectivity index (χ1n) is 6.34. The highest BCUT2D eigenvalue weighted by Gasteiger charge is 2.35. The highest BCUT2D eigenvalue weighted by atomic mass is 35.5. The average molecular weight is 281 g/mol. The third-order valence-electron chi connectivity index (χ3n) is 3.15. The van der Waals surface area contributed by atoms with E-state index in [1.807, 2.05) is 19.9 Å². The summed E-state index contributed by atoms with van der Waals surface area (Å²) < 4.78 is 0. The van der Waals surface area contributed by atoms with Crippen molar-refractivity contribution in [3.8, 4) is 0 Å². The lowest BCUT2D eigenvalue weighted by Gasteiger charge is -2.36. The van der Waals surface area contributed by atoms with Crippen LogP contribution in [0.1, 0.15) is 25.5 Å². The fourth-order valence-corrected chi connectivity index (χ4v) is 2.44. The molecule has 1 saturated heterocycles. The zero-order valence-electron chi connectivity index (χ0n) is 11.0. The van der Waals surface area contributed by atoms with Crippen LogP contribution >= 0.6 is 11.6 Å². The molecule has 0 aromatic heterocycles. The molecule has 2 rings (SSSR count). The van der Waals surface area contributed by atoms with Gasteiger partial charge in [0, 0.05) is 24.0 Å². The molecular weight excluding hydrogens is 264 g/mol. The third kappa shape index (κ3) is 2.89. The van der Waals surface area contributed by atoms with E-state index < -0.39 is 6.04 Å². The molecule has 102 valence electrons. The molecule has 1 aliphatic rings. The first kappa shape index (κ1) is 13.9. The monoisotopic (exact) mass is 280 g/mol. The molecule has 1 unspecified atom stereocenters. The summed E-state index contributed by atoms with van der Waals surface area (Å²) in [5.74, 6) is -0.296. The van der Waals surface area contributed by atoms with Crippen molar-refractivity contribution in [3.05, 3.63) is 34.9 Å². The molecule has 0 spiro atoms. The van der Waals surface area contributed by atoms with Gasteiger partial charge in [0.2, 0.25) is 11.8 Å². The normalized spacial score (nSPS) is 19.5. The van der Waals surface area contributed by atoms with E-state index in [4.69, 9.17) is 11.6 Å². The molecule has 0 radical (unpaired) electrons. The molecule has 1 atom stereocenters. The van der Waals surface area contributed by atoms with E-state index >= 15 is 0 Å². The van der Waals surface area contributed by atoms with Crippen LogP contribution in [0.5, 0.6) is 0 Å². The molecule has 0 aliphatic carbocycles. The van der Waals surface area contributed by atoms with E-state index in [0.717, 1.165) is 5.56 Å². The Balaban J connectivity index is 2.36. The summed E-state index contributed by atoms with van der Waals surface area (Å²) in [7, 11) is 0. The van der Waals surface area contributed by atoms with Gasteiger partial charge in [0.15, 0.2) is 0 Å². The Labute approximate surface area is 117 Å². The van der Waals surface area contributed by atoms with Crippen molar-refractivity contribution in [1.29, 1.82) is 0 Å². The molecule has 0 bridgehead atoms. The second-order valence-electron chi connectivity index (χ2n) is 4.93. The number of hydrogen-bond acceptors (Lipinski definition) is 2. The van der Waals surface area contributed by atoms with Crippen molar-refractivity contribution in [2.45, 2.75) is 19.9 Å². The molecule has 2 amide bonds. The van der Waals surface area contributed by atoms with Gasteiger partial charge in [0.05, 0.1) is 0 Å². The van der Waals surface area contributed by atoms with Gasteiger partial charge in [-0.3, -0.25) is 9.59 Å². The number of hydrogen-bond donors (Lipinski definition) is 1.